The molecule has 0 spiro atoms. The lowest BCUT2D eigenvalue weighted by molar-refractivity contribution is 0.255. The maximum absolute atomic E-state index is 5.86. The summed E-state index contributed by atoms with van der Waals surface area (Å²) in [5, 5.41) is 0. The summed E-state index contributed by atoms with van der Waals surface area (Å²) in [5.74, 6) is 2.14. The molecule has 122 valence electrons. The second kappa shape index (κ2) is 8.02. The van der Waals surface area contributed by atoms with Crippen molar-refractivity contribution in [3.05, 3.63) is 84.2 Å². The summed E-state index contributed by atoms with van der Waals surface area (Å²) in [5.41, 5.74) is 2.16. The third kappa shape index (κ3) is 4.26. The number of nitrogens with zero attached hydrogens (tertiary/aromatic N) is 1. The first-order chi connectivity index (χ1) is 11.8. The Morgan fingerprint density at radius 1 is 0.750 bits per heavy atom. The van der Waals surface area contributed by atoms with Crippen molar-refractivity contribution in [1.82, 2.24) is 4.98 Å². The van der Waals surface area contributed by atoms with Crippen LogP contribution in [0, 0.1) is 0 Å². The van der Waals surface area contributed by atoms with Gasteiger partial charge in [0.05, 0.1) is 13.3 Å². The van der Waals surface area contributed by atoms with E-state index in [1.54, 1.807) is 19.5 Å². The molecule has 0 atom stereocenters. The lowest BCUT2D eigenvalue weighted by Crippen LogP contribution is -2.01. The van der Waals surface area contributed by atoms with Gasteiger partial charge in [0.15, 0.2) is 11.5 Å². The summed E-state index contributed by atoms with van der Waals surface area (Å²) < 4.78 is 16.9. The quantitative estimate of drug-likeness (QED) is 0.652. The second-order valence-electron chi connectivity index (χ2n) is 5.23. The number of aromatic nitrogens is 1. The Labute approximate surface area is 141 Å². The van der Waals surface area contributed by atoms with Crippen LogP contribution in [0.1, 0.15) is 11.1 Å². The minimum absolute atomic E-state index is 0.442. The van der Waals surface area contributed by atoms with Crippen molar-refractivity contribution in [2.45, 2.75) is 13.2 Å². The highest BCUT2D eigenvalue weighted by molar-refractivity contribution is 5.37. The molecule has 0 amide bonds. The van der Waals surface area contributed by atoms with Crippen molar-refractivity contribution in [2.75, 3.05) is 7.11 Å². The first kappa shape index (κ1) is 15.9. The van der Waals surface area contributed by atoms with Crippen LogP contribution in [0.5, 0.6) is 17.2 Å². The molecule has 2 aromatic carbocycles. The van der Waals surface area contributed by atoms with Gasteiger partial charge < -0.3 is 14.2 Å². The highest BCUT2D eigenvalue weighted by atomic mass is 16.5. The third-order valence-corrected chi connectivity index (χ3v) is 3.54. The van der Waals surface area contributed by atoms with Crippen molar-refractivity contribution in [3.63, 3.8) is 0 Å². The Balaban J connectivity index is 1.63. The fourth-order valence-electron chi connectivity index (χ4n) is 2.21. The van der Waals surface area contributed by atoms with Gasteiger partial charge >= 0.3 is 0 Å². The number of rotatable bonds is 7. The molecule has 1 heterocycles. The van der Waals surface area contributed by atoms with Crippen LogP contribution in [0.3, 0.4) is 0 Å². The van der Waals surface area contributed by atoms with E-state index in [-0.39, 0.29) is 0 Å². The van der Waals surface area contributed by atoms with E-state index < -0.39 is 0 Å². The molecule has 4 nitrogen and oxygen atoms in total. The fourth-order valence-corrected chi connectivity index (χ4v) is 2.21. The van der Waals surface area contributed by atoms with Gasteiger partial charge in [0, 0.05) is 12.3 Å². The second-order valence-corrected chi connectivity index (χ2v) is 5.23. The molecule has 0 saturated carbocycles. The number of hydrogen-bond acceptors (Lipinski definition) is 4. The van der Waals surface area contributed by atoms with E-state index >= 15 is 0 Å². The molecule has 0 fully saturated rings. The number of pyridine rings is 1. The Morgan fingerprint density at radius 3 is 2.12 bits per heavy atom. The summed E-state index contributed by atoms with van der Waals surface area (Å²) in [7, 11) is 1.65. The molecule has 24 heavy (non-hydrogen) atoms. The summed E-state index contributed by atoms with van der Waals surface area (Å²) >= 11 is 0. The average molecular weight is 321 g/mol. The van der Waals surface area contributed by atoms with Crippen molar-refractivity contribution in [2.24, 2.45) is 0 Å². The minimum Gasteiger partial charge on any atom is -0.497 e. The van der Waals surface area contributed by atoms with Gasteiger partial charge in [-0.3, -0.25) is 4.98 Å². The van der Waals surface area contributed by atoms with Crippen molar-refractivity contribution >= 4 is 0 Å². The van der Waals surface area contributed by atoms with E-state index in [1.165, 1.54) is 0 Å². The van der Waals surface area contributed by atoms with E-state index in [2.05, 4.69) is 4.98 Å². The Morgan fingerprint density at radius 2 is 1.42 bits per heavy atom. The van der Waals surface area contributed by atoms with Gasteiger partial charge in [-0.2, -0.15) is 0 Å². The molecule has 3 aromatic rings. The molecule has 0 radical (unpaired) electrons. The molecule has 0 saturated heterocycles. The lowest BCUT2D eigenvalue weighted by atomic mass is 10.2. The number of hydrogen-bond donors (Lipinski definition) is 0. The largest absolute Gasteiger partial charge is 0.497 e. The number of ether oxygens (including phenoxy) is 3. The first-order valence-corrected chi connectivity index (χ1v) is 7.71. The molecule has 0 aliphatic rings. The van der Waals surface area contributed by atoms with Gasteiger partial charge in [0.2, 0.25) is 0 Å². The van der Waals surface area contributed by atoms with Crippen LogP contribution < -0.4 is 14.2 Å². The van der Waals surface area contributed by atoms with E-state index in [4.69, 9.17) is 14.2 Å². The van der Waals surface area contributed by atoms with Gasteiger partial charge in [-0.25, -0.2) is 0 Å². The molecule has 0 bridgehead atoms. The molecular formula is C20H19NO3. The highest BCUT2D eigenvalue weighted by Crippen LogP contribution is 2.27. The molecule has 0 N–H and O–H groups in total. The van der Waals surface area contributed by atoms with Gasteiger partial charge in [-0.15, -0.1) is 0 Å². The van der Waals surface area contributed by atoms with Gasteiger partial charge in [0.25, 0.3) is 0 Å². The monoisotopic (exact) mass is 321 g/mol. The first-order valence-electron chi connectivity index (χ1n) is 7.71. The van der Waals surface area contributed by atoms with Crippen LogP contribution in [-0.2, 0) is 13.2 Å². The zero-order valence-electron chi connectivity index (χ0n) is 13.5. The summed E-state index contributed by atoms with van der Waals surface area (Å²) in [6, 6.07) is 19.6. The van der Waals surface area contributed by atoms with Crippen molar-refractivity contribution < 1.29 is 14.2 Å². The lowest BCUT2D eigenvalue weighted by Gasteiger charge is -2.12. The van der Waals surface area contributed by atoms with E-state index in [9.17, 15) is 0 Å². The van der Waals surface area contributed by atoms with Gasteiger partial charge in [-0.1, -0.05) is 42.5 Å². The zero-order valence-corrected chi connectivity index (χ0v) is 13.5. The molecule has 0 aliphatic carbocycles. The van der Waals surface area contributed by atoms with Crippen molar-refractivity contribution in [1.29, 1.82) is 0 Å². The maximum Gasteiger partial charge on any atom is 0.179 e. The van der Waals surface area contributed by atoms with Crippen LogP contribution in [0.25, 0.3) is 0 Å². The van der Waals surface area contributed by atoms with Crippen LogP contribution in [-0.4, -0.2) is 12.1 Å². The zero-order chi connectivity index (χ0) is 16.6. The SMILES string of the molecule is COc1ccc(COc2cnccc2OCc2ccccc2)cc1. The molecular weight excluding hydrogens is 302 g/mol. The van der Waals surface area contributed by atoms with Crippen LogP contribution in [0.15, 0.2) is 73.1 Å². The molecule has 0 unspecified atom stereocenters. The molecule has 1 aromatic heterocycles. The Hall–Kier alpha value is -3.01. The third-order valence-electron chi connectivity index (χ3n) is 3.54. The molecule has 3 rings (SSSR count). The molecule has 0 aliphatic heterocycles. The number of benzene rings is 2. The predicted molar refractivity (Wildman–Crippen MR) is 92.3 cm³/mol. The summed E-state index contributed by atoms with van der Waals surface area (Å²) in [4.78, 5) is 4.11. The van der Waals surface area contributed by atoms with Crippen LogP contribution >= 0.6 is 0 Å². The van der Waals surface area contributed by atoms with E-state index in [0.29, 0.717) is 24.7 Å². The maximum atomic E-state index is 5.86. The minimum atomic E-state index is 0.442. The van der Waals surface area contributed by atoms with Gasteiger partial charge in [0.1, 0.15) is 19.0 Å². The normalized spacial score (nSPS) is 10.2. The average Bonchev–Trinajstić information content (AvgIpc) is 2.66. The standard InChI is InChI=1S/C20H19NO3/c1-22-18-9-7-17(8-10-18)15-24-20-13-21-12-11-19(20)23-14-16-5-3-2-4-6-16/h2-13H,14-15H2,1H3. The summed E-state index contributed by atoms with van der Waals surface area (Å²) in [6.07, 6.45) is 3.37. The molecule has 4 heteroatoms. The fraction of sp³-hybridized carbons (Fsp3) is 0.150. The Kier molecular flexibility index (Phi) is 5.30. The van der Waals surface area contributed by atoms with Gasteiger partial charge in [-0.05, 0) is 23.3 Å². The topological polar surface area (TPSA) is 40.6 Å². The van der Waals surface area contributed by atoms with E-state index in [0.717, 1.165) is 16.9 Å². The van der Waals surface area contributed by atoms with Crippen LogP contribution in [0.4, 0.5) is 0 Å². The Bertz CT molecular complexity index is 757. The predicted octanol–water partition coefficient (Wildman–Crippen LogP) is 4.25. The smallest absolute Gasteiger partial charge is 0.179 e. The van der Waals surface area contributed by atoms with Crippen LogP contribution in [0.2, 0.25) is 0 Å². The van der Waals surface area contributed by atoms with E-state index in [1.807, 2.05) is 60.7 Å². The summed E-state index contributed by atoms with van der Waals surface area (Å²) in [6.45, 7) is 0.932. The van der Waals surface area contributed by atoms with Crippen molar-refractivity contribution in [3.8, 4) is 17.2 Å². The highest BCUT2D eigenvalue weighted by Gasteiger charge is 2.06. The number of methoxy groups -OCH3 is 1.